The molecule has 9 heteroatoms. The zero-order chi connectivity index (χ0) is 22.7. The number of nitrogens with zero attached hydrogens (tertiary/aromatic N) is 3. The molecule has 2 aromatic rings. The molecule has 0 spiro atoms. The first kappa shape index (κ1) is 22.4. The van der Waals surface area contributed by atoms with E-state index in [0.29, 0.717) is 45.7 Å². The second-order valence-electron chi connectivity index (χ2n) is 7.99. The van der Waals surface area contributed by atoms with Crippen LogP contribution in [0, 0.1) is 0 Å². The number of carbonyl (C=O) groups is 1. The Morgan fingerprint density at radius 3 is 2.50 bits per heavy atom. The molecule has 0 radical (unpaired) electrons. The van der Waals surface area contributed by atoms with Gasteiger partial charge in [-0.1, -0.05) is 19.1 Å². The zero-order valence-electron chi connectivity index (χ0n) is 18.6. The number of anilines is 2. The third kappa shape index (κ3) is 4.27. The summed E-state index contributed by atoms with van der Waals surface area (Å²) in [7, 11) is -1.96. The van der Waals surface area contributed by atoms with E-state index in [1.807, 2.05) is 31.2 Å². The maximum atomic E-state index is 13.3. The number of hydrogen-bond donors (Lipinski definition) is 1. The SMILES string of the molecule is CCCNC(=O)N1CCc2cc(S(=O)(=O)N3CCN(c4ccccc4OC)CC3)ccc21. The highest BCUT2D eigenvalue weighted by Gasteiger charge is 2.31. The van der Waals surface area contributed by atoms with E-state index in [1.165, 1.54) is 0 Å². The Morgan fingerprint density at radius 2 is 1.78 bits per heavy atom. The average Bonchev–Trinajstić information content (AvgIpc) is 3.26. The van der Waals surface area contributed by atoms with Crippen LogP contribution in [0.3, 0.4) is 0 Å². The fourth-order valence-electron chi connectivity index (χ4n) is 4.29. The van der Waals surface area contributed by atoms with Crippen molar-refractivity contribution in [2.75, 3.05) is 56.2 Å². The van der Waals surface area contributed by atoms with Gasteiger partial charge in [0.15, 0.2) is 0 Å². The van der Waals surface area contributed by atoms with Crippen molar-refractivity contribution in [2.24, 2.45) is 0 Å². The van der Waals surface area contributed by atoms with Crippen molar-refractivity contribution in [1.82, 2.24) is 9.62 Å². The lowest BCUT2D eigenvalue weighted by atomic mass is 10.2. The minimum absolute atomic E-state index is 0.131. The molecule has 1 fully saturated rings. The van der Waals surface area contributed by atoms with Gasteiger partial charge in [0.05, 0.1) is 17.7 Å². The van der Waals surface area contributed by atoms with Crippen LogP contribution in [0.5, 0.6) is 5.75 Å². The van der Waals surface area contributed by atoms with Crippen molar-refractivity contribution in [3.05, 3.63) is 48.0 Å². The van der Waals surface area contributed by atoms with Crippen molar-refractivity contribution in [2.45, 2.75) is 24.7 Å². The largest absolute Gasteiger partial charge is 0.495 e. The highest BCUT2D eigenvalue weighted by molar-refractivity contribution is 7.89. The highest BCUT2D eigenvalue weighted by atomic mass is 32.2. The minimum Gasteiger partial charge on any atom is -0.495 e. The Labute approximate surface area is 189 Å². The number of amides is 2. The Kier molecular flexibility index (Phi) is 6.57. The molecule has 8 nitrogen and oxygen atoms in total. The molecular formula is C23H30N4O4S. The van der Waals surface area contributed by atoms with Gasteiger partial charge < -0.3 is 15.0 Å². The van der Waals surface area contributed by atoms with E-state index in [-0.39, 0.29) is 10.9 Å². The topological polar surface area (TPSA) is 82.2 Å². The van der Waals surface area contributed by atoms with Crippen LogP contribution < -0.4 is 19.9 Å². The van der Waals surface area contributed by atoms with Gasteiger partial charge in [0.25, 0.3) is 0 Å². The van der Waals surface area contributed by atoms with Crippen molar-refractivity contribution < 1.29 is 17.9 Å². The van der Waals surface area contributed by atoms with Crippen LogP contribution in [0.2, 0.25) is 0 Å². The van der Waals surface area contributed by atoms with Crippen LogP contribution in [0.15, 0.2) is 47.4 Å². The van der Waals surface area contributed by atoms with E-state index in [9.17, 15) is 13.2 Å². The summed E-state index contributed by atoms with van der Waals surface area (Å²) in [4.78, 5) is 16.5. The number of urea groups is 1. The molecule has 0 bridgehead atoms. The first-order valence-corrected chi connectivity index (χ1v) is 12.5. The van der Waals surface area contributed by atoms with E-state index >= 15 is 0 Å². The lowest BCUT2D eigenvalue weighted by molar-refractivity contribution is 0.247. The van der Waals surface area contributed by atoms with Crippen LogP contribution >= 0.6 is 0 Å². The fourth-order valence-corrected chi connectivity index (χ4v) is 5.76. The molecule has 0 aliphatic carbocycles. The van der Waals surface area contributed by atoms with Crippen LogP contribution in [-0.4, -0.2) is 65.1 Å². The fraction of sp³-hybridized carbons (Fsp3) is 0.435. The molecule has 2 heterocycles. The van der Waals surface area contributed by atoms with Crippen LogP contribution in [-0.2, 0) is 16.4 Å². The number of methoxy groups -OCH3 is 1. The number of rotatable bonds is 6. The molecule has 0 aromatic heterocycles. The summed E-state index contributed by atoms with van der Waals surface area (Å²) >= 11 is 0. The molecule has 172 valence electrons. The van der Waals surface area contributed by atoms with Crippen LogP contribution in [0.1, 0.15) is 18.9 Å². The van der Waals surface area contributed by atoms with Gasteiger partial charge in [-0.05, 0) is 48.7 Å². The van der Waals surface area contributed by atoms with Crippen LogP contribution in [0.25, 0.3) is 0 Å². The molecular weight excluding hydrogens is 428 g/mol. The third-order valence-corrected chi connectivity index (χ3v) is 7.91. The summed E-state index contributed by atoms with van der Waals surface area (Å²) in [6.45, 7) is 5.19. The van der Waals surface area contributed by atoms with Crippen molar-refractivity contribution >= 4 is 27.4 Å². The molecule has 2 amide bonds. The summed E-state index contributed by atoms with van der Waals surface area (Å²) in [6, 6.07) is 12.7. The molecule has 2 aliphatic rings. The maximum absolute atomic E-state index is 13.3. The standard InChI is InChI=1S/C23H30N4O4S/c1-3-11-24-23(28)27-12-10-18-17-19(8-9-20(18)27)32(29,30)26-15-13-25(14-16-26)21-6-4-5-7-22(21)31-2/h4-9,17H,3,10-16H2,1-2H3,(H,24,28). The van der Waals surface area contributed by atoms with E-state index < -0.39 is 10.0 Å². The molecule has 2 aromatic carbocycles. The predicted octanol–water partition coefficient (Wildman–Crippen LogP) is 2.69. The molecule has 4 rings (SSSR count). The summed E-state index contributed by atoms with van der Waals surface area (Å²) in [6.07, 6.45) is 1.52. The number of fused-ring (bicyclic) bond motifs is 1. The molecule has 0 unspecified atom stereocenters. The lowest BCUT2D eigenvalue weighted by Crippen LogP contribution is -2.48. The molecule has 1 N–H and O–H groups in total. The second kappa shape index (κ2) is 9.38. The van der Waals surface area contributed by atoms with Crippen molar-refractivity contribution in [3.8, 4) is 5.75 Å². The van der Waals surface area contributed by atoms with E-state index in [1.54, 1.807) is 34.5 Å². The summed E-state index contributed by atoms with van der Waals surface area (Å²) < 4.78 is 33.6. The molecule has 1 saturated heterocycles. The number of piperazine rings is 1. The minimum atomic E-state index is -3.60. The Balaban J connectivity index is 1.46. The number of nitrogens with one attached hydrogen (secondary N) is 1. The summed E-state index contributed by atoms with van der Waals surface area (Å²) in [5.74, 6) is 0.787. The number of ether oxygens (including phenoxy) is 1. The van der Waals surface area contributed by atoms with E-state index in [2.05, 4.69) is 10.2 Å². The molecule has 0 saturated carbocycles. The summed E-state index contributed by atoms with van der Waals surface area (Å²) in [5, 5.41) is 2.88. The number of carbonyl (C=O) groups excluding carboxylic acids is 1. The third-order valence-electron chi connectivity index (χ3n) is 6.02. The quantitative estimate of drug-likeness (QED) is 0.720. The zero-order valence-corrected chi connectivity index (χ0v) is 19.4. The van der Waals surface area contributed by atoms with Gasteiger partial charge in [-0.3, -0.25) is 4.90 Å². The van der Waals surface area contributed by atoms with E-state index in [4.69, 9.17) is 4.74 Å². The Bertz CT molecular complexity index is 1080. The Hall–Kier alpha value is -2.78. The van der Waals surface area contributed by atoms with Crippen molar-refractivity contribution in [3.63, 3.8) is 0 Å². The normalized spacial score (nSPS) is 16.7. The number of benzene rings is 2. The maximum Gasteiger partial charge on any atom is 0.321 e. The second-order valence-corrected chi connectivity index (χ2v) is 9.93. The number of para-hydroxylation sites is 2. The van der Waals surface area contributed by atoms with Crippen molar-refractivity contribution in [1.29, 1.82) is 0 Å². The first-order chi connectivity index (χ1) is 15.5. The van der Waals surface area contributed by atoms with E-state index in [0.717, 1.165) is 29.1 Å². The van der Waals surface area contributed by atoms with Gasteiger partial charge in [-0.15, -0.1) is 0 Å². The first-order valence-electron chi connectivity index (χ1n) is 11.0. The van der Waals surface area contributed by atoms with Crippen LogP contribution in [0.4, 0.5) is 16.2 Å². The molecule has 2 aliphatic heterocycles. The monoisotopic (exact) mass is 458 g/mol. The number of sulfonamides is 1. The number of hydrogen-bond acceptors (Lipinski definition) is 5. The smallest absolute Gasteiger partial charge is 0.321 e. The van der Waals surface area contributed by atoms with Gasteiger partial charge in [0.2, 0.25) is 10.0 Å². The molecule has 0 atom stereocenters. The van der Waals surface area contributed by atoms with Gasteiger partial charge in [0.1, 0.15) is 5.75 Å². The van der Waals surface area contributed by atoms with Gasteiger partial charge >= 0.3 is 6.03 Å². The van der Waals surface area contributed by atoms with Gasteiger partial charge in [-0.2, -0.15) is 4.31 Å². The van der Waals surface area contributed by atoms with Gasteiger partial charge in [0, 0.05) is 45.0 Å². The lowest BCUT2D eigenvalue weighted by Gasteiger charge is -2.36. The highest BCUT2D eigenvalue weighted by Crippen LogP contribution is 2.32. The predicted molar refractivity (Wildman–Crippen MR) is 125 cm³/mol. The average molecular weight is 459 g/mol. The Morgan fingerprint density at radius 1 is 1.03 bits per heavy atom. The van der Waals surface area contributed by atoms with Gasteiger partial charge in [-0.25, -0.2) is 13.2 Å². The summed E-state index contributed by atoms with van der Waals surface area (Å²) in [5.41, 5.74) is 2.66. The molecule has 32 heavy (non-hydrogen) atoms.